The van der Waals surface area contributed by atoms with Crippen LogP contribution in [0.15, 0.2) is 46.9 Å². The summed E-state index contributed by atoms with van der Waals surface area (Å²) < 4.78 is 0.747. The summed E-state index contributed by atoms with van der Waals surface area (Å²) in [6.45, 7) is 1.30. The van der Waals surface area contributed by atoms with Crippen LogP contribution >= 0.6 is 27.5 Å². The van der Waals surface area contributed by atoms with Crippen molar-refractivity contribution in [2.75, 3.05) is 0 Å². The number of hydrogen-bond acceptors (Lipinski definition) is 1. The molecule has 1 heterocycles. The Balaban J connectivity index is 1.89. The summed E-state index contributed by atoms with van der Waals surface area (Å²) in [5.41, 5.74) is 2.97. The predicted molar refractivity (Wildman–Crippen MR) is 79.2 cm³/mol. The fourth-order valence-electron chi connectivity index (χ4n) is 2.32. The van der Waals surface area contributed by atoms with Gasteiger partial charge in [0.25, 0.3) is 5.91 Å². The van der Waals surface area contributed by atoms with Gasteiger partial charge in [-0.2, -0.15) is 0 Å². The topological polar surface area (TPSA) is 20.3 Å². The third kappa shape index (κ3) is 2.28. The molecule has 0 saturated heterocycles. The average Bonchev–Trinajstić information content (AvgIpc) is 2.85. The molecule has 3 rings (SSSR count). The van der Waals surface area contributed by atoms with Gasteiger partial charge in [-0.3, -0.25) is 4.79 Å². The molecule has 0 saturated carbocycles. The van der Waals surface area contributed by atoms with E-state index in [0.717, 1.165) is 4.47 Å². The number of rotatable bonds is 1. The van der Waals surface area contributed by atoms with Crippen molar-refractivity contribution in [3.05, 3.63) is 68.7 Å². The second-order valence-corrected chi connectivity index (χ2v) is 5.76. The summed E-state index contributed by atoms with van der Waals surface area (Å²) in [5, 5.41) is 0.475. The van der Waals surface area contributed by atoms with Gasteiger partial charge in [-0.05, 0) is 39.2 Å². The first-order valence-corrected chi connectivity index (χ1v) is 7.14. The monoisotopic (exact) mass is 335 g/mol. The Morgan fingerprint density at radius 2 is 1.68 bits per heavy atom. The summed E-state index contributed by atoms with van der Waals surface area (Å²) in [5.74, 6) is -0.0255. The molecule has 0 N–H and O–H groups in total. The van der Waals surface area contributed by atoms with Crippen LogP contribution in [0.25, 0.3) is 0 Å². The van der Waals surface area contributed by atoms with Gasteiger partial charge in [0.1, 0.15) is 0 Å². The molecule has 0 radical (unpaired) electrons. The van der Waals surface area contributed by atoms with Crippen molar-refractivity contribution in [3.63, 3.8) is 0 Å². The standard InChI is InChI=1S/C15H11BrClNO/c16-13-7-3-6-12(14(13)17)15(19)18-8-10-4-1-2-5-11(10)9-18/h1-7H,8-9H2. The second kappa shape index (κ2) is 4.99. The molecule has 2 nitrogen and oxygen atoms in total. The van der Waals surface area contributed by atoms with Crippen LogP contribution in [0.3, 0.4) is 0 Å². The minimum atomic E-state index is -0.0255. The number of halogens is 2. The van der Waals surface area contributed by atoms with Crippen molar-refractivity contribution >= 4 is 33.4 Å². The Morgan fingerprint density at radius 1 is 1.05 bits per heavy atom. The molecule has 0 atom stereocenters. The Morgan fingerprint density at radius 3 is 2.32 bits per heavy atom. The van der Waals surface area contributed by atoms with E-state index in [1.54, 1.807) is 6.07 Å². The molecule has 19 heavy (non-hydrogen) atoms. The lowest BCUT2D eigenvalue weighted by Gasteiger charge is -2.16. The van der Waals surface area contributed by atoms with Gasteiger partial charge in [-0.15, -0.1) is 0 Å². The number of carbonyl (C=O) groups excluding carboxylic acids is 1. The molecule has 1 aliphatic rings. The fourth-order valence-corrected chi connectivity index (χ4v) is 2.89. The molecule has 0 spiro atoms. The average molecular weight is 337 g/mol. The lowest BCUT2D eigenvalue weighted by Crippen LogP contribution is -2.25. The van der Waals surface area contributed by atoms with Crippen LogP contribution < -0.4 is 0 Å². The molecule has 0 bridgehead atoms. The minimum Gasteiger partial charge on any atom is -0.330 e. The van der Waals surface area contributed by atoms with Crippen LogP contribution in [-0.2, 0) is 13.1 Å². The third-order valence-corrected chi connectivity index (χ3v) is 4.61. The summed E-state index contributed by atoms with van der Waals surface area (Å²) >= 11 is 9.53. The predicted octanol–water partition coefficient (Wildman–Crippen LogP) is 4.26. The maximum atomic E-state index is 12.5. The minimum absolute atomic E-state index is 0.0255. The largest absolute Gasteiger partial charge is 0.330 e. The number of carbonyl (C=O) groups is 1. The number of hydrogen-bond donors (Lipinski definition) is 0. The van der Waals surface area contributed by atoms with E-state index in [2.05, 4.69) is 28.1 Å². The zero-order valence-electron chi connectivity index (χ0n) is 10.1. The first-order chi connectivity index (χ1) is 9.16. The van der Waals surface area contributed by atoms with Crippen molar-refractivity contribution in [1.29, 1.82) is 0 Å². The Bertz CT molecular complexity index is 631. The van der Waals surface area contributed by atoms with Crippen molar-refractivity contribution in [2.45, 2.75) is 13.1 Å². The molecular weight excluding hydrogens is 326 g/mol. The highest BCUT2D eigenvalue weighted by atomic mass is 79.9. The van der Waals surface area contributed by atoms with E-state index in [4.69, 9.17) is 11.6 Å². The summed E-state index contributed by atoms with van der Waals surface area (Å²) in [6, 6.07) is 13.5. The molecule has 0 fully saturated rings. The molecular formula is C15H11BrClNO. The van der Waals surface area contributed by atoms with Gasteiger partial charge in [0.15, 0.2) is 0 Å². The van der Waals surface area contributed by atoms with Crippen LogP contribution in [0.5, 0.6) is 0 Å². The normalized spacial score (nSPS) is 13.5. The lowest BCUT2D eigenvalue weighted by molar-refractivity contribution is 0.0751. The lowest BCUT2D eigenvalue weighted by atomic mass is 10.1. The Labute approximate surface area is 125 Å². The van der Waals surface area contributed by atoms with Gasteiger partial charge in [-0.1, -0.05) is 41.9 Å². The van der Waals surface area contributed by atoms with E-state index in [1.807, 2.05) is 29.2 Å². The SMILES string of the molecule is O=C(c1cccc(Br)c1Cl)N1Cc2ccccc2C1. The first-order valence-electron chi connectivity index (χ1n) is 5.97. The molecule has 0 unspecified atom stereocenters. The van der Waals surface area contributed by atoms with Crippen molar-refractivity contribution in [3.8, 4) is 0 Å². The second-order valence-electron chi connectivity index (χ2n) is 4.53. The van der Waals surface area contributed by atoms with E-state index >= 15 is 0 Å². The van der Waals surface area contributed by atoms with Gasteiger partial charge < -0.3 is 4.90 Å². The van der Waals surface area contributed by atoms with Crippen molar-refractivity contribution < 1.29 is 4.79 Å². The quantitative estimate of drug-likeness (QED) is 0.762. The van der Waals surface area contributed by atoms with E-state index in [9.17, 15) is 4.79 Å². The molecule has 0 aliphatic carbocycles. The van der Waals surface area contributed by atoms with E-state index < -0.39 is 0 Å². The number of amides is 1. The van der Waals surface area contributed by atoms with Gasteiger partial charge in [0.2, 0.25) is 0 Å². The van der Waals surface area contributed by atoms with E-state index in [0.29, 0.717) is 23.7 Å². The fraction of sp³-hybridized carbons (Fsp3) is 0.133. The highest BCUT2D eigenvalue weighted by molar-refractivity contribution is 9.10. The van der Waals surface area contributed by atoms with Gasteiger partial charge in [0.05, 0.1) is 10.6 Å². The summed E-state index contributed by atoms with van der Waals surface area (Å²) in [4.78, 5) is 14.3. The number of benzene rings is 2. The third-order valence-electron chi connectivity index (χ3n) is 3.31. The van der Waals surface area contributed by atoms with Gasteiger partial charge in [0, 0.05) is 17.6 Å². The van der Waals surface area contributed by atoms with Crippen LogP contribution in [-0.4, -0.2) is 10.8 Å². The maximum Gasteiger partial charge on any atom is 0.256 e. The van der Waals surface area contributed by atoms with E-state index in [1.165, 1.54) is 11.1 Å². The molecule has 1 amide bonds. The first kappa shape index (κ1) is 12.7. The molecule has 1 aliphatic heterocycles. The maximum absolute atomic E-state index is 12.5. The van der Waals surface area contributed by atoms with Crippen LogP contribution in [0, 0.1) is 0 Å². The molecule has 4 heteroatoms. The Hall–Kier alpha value is -1.32. The Kier molecular flexibility index (Phi) is 3.33. The van der Waals surface area contributed by atoms with Crippen molar-refractivity contribution in [2.24, 2.45) is 0 Å². The smallest absolute Gasteiger partial charge is 0.256 e. The van der Waals surface area contributed by atoms with E-state index in [-0.39, 0.29) is 5.91 Å². The molecule has 0 aromatic heterocycles. The number of fused-ring (bicyclic) bond motifs is 1. The van der Waals surface area contributed by atoms with Crippen molar-refractivity contribution in [1.82, 2.24) is 4.90 Å². The van der Waals surface area contributed by atoms with Gasteiger partial charge >= 0.3 is 0 Å². The zero-order chi connectivity index (χ0) is 13.4. The highest BCUT2D eigenvalue weighted by Gasteiger charge is 2.25. The summed E-state index contributed by atoms with van der Waals surface area (Å²) in [7, 11) is 0. The molecule has 2 aromatic carbocycles. The zero-order valence-corrected chi connectivity index (χ0v) is 12.4. The van der Waals surface area contributed by atoms with Crippen LogP contribution in [0.1, 0.15) is 21.5 Å². The number of nitrogens with zero attached hydrogens (tertiary/aromatic N) is 1. The van der Waals surface area contributed by atoms with Crippen LogP contribution in [0.2, 0.25) is 5.02 Å². The van der Waals surface area contributed by atoms with Gasteiger partial charge in [-0.25, -0.2) is 0 Å². The molecule has 2 aromatic rings. The highest BCUT2D eigenvalue weighted by Crippen LogP contribution is 2.30. The van der Waals surface area contributed by atoms with Crippen LogP contribution in [0.4, 0.5) is 0 Å². The summed E-state index contributed by atoms with van der Waals surface area (Å²) in [6.07, 6.45) is 0. The molecule has 96 valence electrons.